The lowest BCUT2D eigenvalue weighted by atomic mass is 9.99. The highest BCUT2D eigenvalue weighted by atomic mass is 16.5. The lowest BCUT2D eigenvalue weighted by molar-refractivity contribution is -0.137. The average Bonchev–Trinajstić information content (AvgIpc) is 2.74. The molecule has 1 amide bonds. The fourth-order valence-electron chi connectivity index (χ4n) is 2.56. The summed E-state index contributed by atoms with van der Waals surface area (Å²) in [5.41, 5.74) is 1.64. The molecule has 1 heterocycles. The molecule has 114 valence electrons. The van der Waals surface area contributed by atoms with Crippen molar-refractivity contribution in [3.63, 3.8) is 0 Å². The molecule has 0 saturated carbocycles. The van der Waals surface area contributed by atoms with Gasteiger partial charge in [-0.05, 0) is 19.1 Å². The standard InChI is InChI=1S/C15H19NO5/c1-8-4-10-5-14(20-3)11(6-13(10)21-8)12(7-15(18)19)16-9(2)17/h5-6,8,12H,4,7H2,1-3H3,(H,16,17)(H,18,19). The molecule has 6 heteroatoms. The molecule has 1 aromatic carbocycles. The van der Waals surface area contributed by atoms with Gasteiger partial charge in [-0.1, -0.05) is 0 Å². The molecule has 21 heavy (non-hydrogen) atoms. The van der Waals surface area contributed by atoms with Gasteiger partial charge in [-0.15, -0.1) is 0 Å². The summed E-state index contributed by atoms with van der Waals surface area (Å²) >= 11 is 0. The van der Waals surface area contributed by atoms with Crippen molar-refractivity contribution < 1.29 is 24.2 Å². The molecule has 1 aliphatic rings. The summed E-state index contributed by atoms with van der Waals surface area (Å²) in [5, 5.41) is 11.7. The Bertz CT molecular complexity index is 553. The van der Waals surface area contributed by atoms with Gasteiger partial charge in [0.25, 0.3) is 0 Å². The number of benzene rings is 1. The number of amides is 1. The van der Waals surface area contributed by atoms with E-state index in [0.717, 1.165) is 17.7 Å². The molecule has 0 aliphatic carbocycles. The van der Waals surface area contributed by atoms with Crippen molar-refractivity contribution in [2.24, 2.45) is 0 Å². The summed E-state index contributed by atoms with van der Waals surface area (Å²) in [6, 6.07) is 2.96. The number of hydrogen-bond acceptors (Lipinski definition) is 4. The number of carbonyl (C=O) groups excluding carboxylic acids is 1. The maximum Gasteiger partial charge on any atom is 0.305 e. The molecular weight excluding hydrogens is 274 g/mol. The van der Waals surface area contributed by atoms with Gasteiger partial charge < -0.3 is 19.9 Å². The Balaban J connectivity index is 2.41. The SMILES string of the molecule is COc1cc2c(cc1C(CC(=O)O)NC(C)=O)OC(C)C2. The van der Waals surface area contributed by atoms with Crippen LogP contribution in [-0.4, -0.2) is 30.2 Å². The number of carboxylic acid groups (broad SMARTS) is 1. The zero-order chi connectivity index (χ0) is 15.6. The van der Waals surface area contributed by atoms with Crippen LogP contribution in [0.4, 0.5) is 0 Å². The highest BCUT2D eigenvalue weighted by Gasteiger charge is 2.26. The summed E-state index contributed by atoms with van der Waals surface area (Å²) in [6.07, 6.45) is 0.652. The van der Waals surface area contributed by atoms with Gasteiger partial charge in [-0.3, -0.25) is 9.59 Å². The van der Waals surface area contributed by atoms with Crippen molar-refractivity contribution in [1.82, 2.24) is 5.32 Å². The smallest absolute Gasteiger partial charge is 0.305 e. The van der Waals surface area contributed by atoms with Crippen LogP contribution in [0, 0.1) is 0 Å². The third-order valence-corrected chi connectivity index (χ3v) is 3.38. The zero-order valence-electron chi connectivity index (χ0n) is 12.3. The molecule has 2 unspecified atom stereocenters. The van der Waals surface area contributed by atoms with Crippen molar-refractivity contribution in [1.29, 1.82) is 0 Å². The number of carboxylic acids is 1. The fraction of sp³-hybridized carbons (Fsp3) is 0.467. The zero-order valence-corrected chi connectivity index (χ0v) is 12.3. The molecule has 6 nitrogen and oxygen atoms in total. The normalized spacial score (nSPS) is 17.6. The molecule has 2 atom stereocenters. The second-order valence-corrected chi connectivity index (χ2v) is 5.19. The van der Waals surface area contributed by atoms with Crippen LogP contribution in [0.15, 0.2) is 12.1 Å². The molecule has 1 aromatic rings. The Hall–Kier alpha value is -2.24. The van der Waals surface area contributed by atoms with Crippen LogP contribution in [0.3, 0.4) is 0 Å². The minimum atomic E-state index is -0.995. The van der Waals surface area contributed by atoms with E-state index in [-0.39, 0.29) is 18.4 Å². The first-order valence-corrected chi connectivity index (χ1v) is 6.77. The molecule has 0 aromatic heterocycles. The second kappa shape index (κ2) is 6.03. The topological polar surface area (TPSA) is 84.9 Å². The molecule has 0 fully saturated rings. The van der Waals surface area contributed by atoms with E-state index in [1.165, 1.54) is 14.0 Å². The van der Waals surface area contributed by atoms with Gasteiger partial charge in [0.1, 0.15) is 17.6 Å². The van der Waals surface area contributed by atoms with E-state index in [0.29, 0.717) is 11.3 Å². The Morgan fingerprint density at radius 3 is 2.81 bits per heavy atom. The Kier molecular flexibility index (Phi) is 4.35. The lowest BCUT2D eigenvalue weighted by Crippen LogP contribution is -2.28. The average molecular weight is 293 g/mol. The van der Waals surface area contributed by atoms with Crippen molar-refractivity contribution in [3.8, 4) is 11.5 Å². The summed E-state index contributed by atoms with van der Waals surface area (Å²) in [6.45, 7) is 3.32. The third-order valence-electron chi connectivity index (χ3n) is 3.38. The predicted octanol–water partition coefficient (Wildman–Crippen LogP) is 1.67. The van der Waals surface area contributed by atoms with Gasteiger partial charge in [-0.25, -0.2) is 0 Å². The van der Waals surface area contributed by atoms with Crippen LogP contribution in [0.25, 0.3) is 0 Å². The van der Waals surface area contributed by atoms with Crippen LogP contribution in [0.5, 0.6) is 11.5 Å². The highest BCUT2D eigenvalue weighted by molar-refractivity contribution is 5.75. The van der Waals surface area contributed by atoms with Crippen LogP contribution in [-0.2, 0) is 16.0 Å². The van der Waals surface area contributed by atoms with E-state index >= 15 is 0 Å². The van der Waals surface area contributed by atoms with E-state index in [1.54, 1.807) is 6.07 Å². The molecular formula is C15H19NO5. The van der Waals surface area contributed by atoms with Crippen molar-refractivity contribution in [2.75, 3.05) is 7.11 Å². The van der Waals surface area contributed by atoms with Crippen molar-refractivity contribution in [3.05, 3.63) is 23.3 Å². The number of fused-ring (bicyclic) bond motifs is 1. The number of nitrogens with one attached hydrogen (secondary N) is 1. The number of ether oxygens (including phenoxy) is 2. The van der Waals surface area contributed by atoms with Crippen molar-refractivity contribution in [2.45, 2.75) is 38.8 Å². The third kappa shape index (κ3) is 3.45. The highest BCUT2D eigenvalue weighted by Crippen LogP contribution is 2.38. The van der Waals surface area contributed by atoms with Gasteiger partial charge in [0, 0.05) is 24.5 Å². The van der Waals surface area contributed by atoms with Gasteiger partial charge in [-0.2, -0.15) is 0 Å². The second-order valence-electron chi connectivity index (χ2n) is 5.19. The van der Waals surface area contributed by atoms with E-state index in [9.17, 15) is 9.59 Å². The summed E-state index contributed by atoms with van der Waals surface area (Å²) in [7, 11) is 1.52. The first kappa shape index (κ1) is 15.2. The molecule has 2 N–H and O–H groups in total. The Labute approximate surface area is 123 Å². The quantitative estimate of drug-likeness (QED) is 0.862. The van der Waals surface area contributed by atoms with E-state index in [2.05, 4.69) is 5.32 Å². The number of hydrogen-bond donors (Lipinski definition) is 2. The van der Waals surface area contributed by atoms with Crippen molar-refractivity contribution >= 4 is 11.9 Å². The van der Waals surface area contributed by atoms with E-state index in [1.807, 2.05) is 13.0 Å². The molecule has 0 radical (unpaired) electrons. The Morgan fingerprint density at radius 1 is 1.52 bits per heavy atom. The first-order chi connectivity index (χ1) is 9.90. The monoisotopic (exact) mass is 293 g/mol. The minimum absolute atomic E-state index is 0.0821. The molecule has 2 rings (SSSR count). The maximum absolute atomic E-state index is 11.3. The fourth-order valence-corrected chi connectivity index (χ4v) is 2.56. The molecule has 0 bridgehead atoms. The van der Waals surface area contributed by atoms with Crippen LogP contribution < -0.4 is 14.8 Å². The van der Waals surface area contributed by atoms with Gasteiger partial charge in [0.05, 0.1) is 19.6 Å². The summed E-state index contributed by atoms with van der Waals surface area (Å²) in [4.78, 5) is 22.3. The summed E-state index contributed by atoms with van der Waals surface area (Å²) < 4.78 is 11.0. The number of aliphatic carboxylic acids is 1. The predicted molar refractivity (Wildman–Crippen MR) is 75.6 cm³/mol. The largest absolute Gasteiger partial charge is 0.496 e. The molecule has 1 aliphatic heterocycles. The van der Waals surface area contributed by atoms with Gasteiger partial charge in [0.2, 0.25) is 5.91 Å². The number of carbonyl (C=O) groups is 2. The van der Waals surface area contributed by atoms with Crippen LogP contribution in [0.2, 0.25) is 0 Å². The molecule has 0 spiro atoms. The van der Waals surface area contributed by atoms with Gasteiger partial charge >= 0.3 is 5.97 Å². The van der Waals surface area contributed by atoms with Crippen LogP contribution in [0.1, 0.15) is 37.4 Å². The minimum Gasteiger partial charge on any atom is -0.496 e. The van der Waals surface area contributed by atoms with E-state index < -0.39 is 12.0 Å². The lowest BCUT2D eigenvalue weighted by Gasteiger charge is -2.20. The van der Waals surface area contributed by atoms with Crippen LogP contribution >= 0.6 is 0 Å². The summed E-state index contributed by atoms with van der Waals surface area (Å²) in [5.74, 6) is -0.00540. The Morgan fingerprint density at radius 2 is 2.24 bits per heavy atom. The van der Waals surface area contributed by atoms with E-state index in [4.69, 9.17) is 14.6 Å². The first-order valence-electron chi connectivity index (χ1n) is 6.77. The molecule has 0 saturated heterocycles. The number of rotatable bonds is 5. The van der Waals surface area contributed by atoms with Gasteiger partial charge in [0.15, 0.2) is 0 Å². The maximum atomic E-state index is 11.3. The number of methoxy groups -OCH3 is 1.